The summed E-state index contributed by atoms with van der Waals surface area (Å²) >= 11 is 1.84. The molecule has 0 unspecified atom stereocenters. The van der Waals surface area contributed by atoms with Crippen LogP contribution in [0.3, 0.4) is 0 Å². The van der Waals surface area contributed by atoms with Gasteiger partial charge in [0.05, 0.1) is 21.6 Å². The van der Waals surface area contributed by atoms with Crippen LogP contribution in [0.4, 0.5) is 51.2 Å². The summed E-state index contributed by atoms with van der Waals surface area (Å²) in [6.07, 6.45) is 5.68. The second-order valence-corrected chi connectivity index (χ2v) is 40.8. The Bertz CT molecular complexity index is 8900. The van der Waals surface area contributed by atoms with Gasteiger partial charge in [-0.1, -0.05) is 200 Å². The first kappa shape index (κ1) is 95.1. The quantitative estimate of drug-likeness (QED) is 0.108. The minimum absolute atomic E-state index is 0. The molecule has 0 saturated carbocycles. The largest absolute Gasteiger partial charge is 0.509 e. The van der Waals surface area contributed by atoms with E-state index in [9.17, 15) is 0 Å². The molecule has 0 atom stereocenters. The van der Waals surface area contributed by atoms with E-state index < -0.39 is 0 Å². The van der Waals surface area contributed by atoms with Gasteiger partial charge < -0.3 is 66.3 Å². The topological polar surface area (TPSA) is 119 Å². The minimum Gasteiger partial charge on any atom is -0.509 e. The van der Waals surface area contributed by atoms with Crippen LogP contribution in [0.5, 0.6) is 34.5 Å². The third-order valence-electron chi connectivity index (χ3n) is 27.6. The third kappa shape index (κ3) is 16.6. The van der Waals surface area contributed by atoms with Gasteiger partial charge in [0.15, 0.2) is 5.58 Å². The van der Waals surface area contributed by atoms with Crippen molar-refractivity contribution in [2.45, 2.75) is 78.6 Å². The predicted octanol–water partition coefficient (Wildman–Crippen LogP) is 31.6. The Hall–Kier alpha value is -14.8. The number of ether oxygens (including phenoxy) is 3. The van der Waals surface area contributed by atoms with E-state index in [0.717, 1.165) is 145 Å². The Morgan fingerprint density at radius 1 is 0.297 bits per heavy atom. The van der Waals surface area contributed by atoms with Crippen LogP contribution in [0, 0.1) is 56.4 Å². The number of aromatic nitrogens is 7. The Balaban J connectivity index is 0.000000123. The maximum atomic E-state index is 6.49. The number of rotatable bonds is 12. The summed E-state index contributed by atoms with van der Waals surface area (Å²) in [5.41, 5.74) is 23.2. The van der Waals surface area contributed by atoms with E-state index in [0.29, 0.717) is 34.5 Å². The van der Waals surface area contributed by atoms with Crippen molar-refractivity contribution in [2.24, 2.45) is 7.05 Å². The summed E-state index contributed by atoms with van der Waals surface area (Å²) in [6.45, 7) is 26.3. The maximum Gasteiger partial charge on any atom is 0.158 e. The fraction of sp³-hybridized carbons (Fsp3) is 0.129. The summed E-state index contributed by atoms with van der Waals surface area (Å²) in [7, 11) is 8.40. The molecule has 726 valence electrons. The number of thiophene rings is 1. The number of hydrogen-bond acceptors (Lipinski definition) is 14. The predicted molar refractivity (Wildman–Crippen MR) is 582 cm³/mol. The van der Waals surface area contributed by atoms with E-state index in [1.165, 1.54) is 70.0 Å². The first-order valence-electron chi connectivity index (χ1n) is 47.8. The molecule has 17 nitrogen and oxygen atoms in total. The SMILES string of the molecule is CN1[CH-]N(c2[c-]c(Oc3[c-]c4c(cc3)c3ccccc3n4-c3cc(C(C)(C)C)ccn3)ccc2)c2ccc3c(oc4ccccc43)c21.CN1[CH-]N(c2[c-]c(Oc3[c-]c4c(cc3)c3ccccc3n4-c3cc(C(C)(C)C)ccn3)ccc2)c2ccc3c(sc4ccccc43)c21.CN1[CH-]N(c2[c-]c(Oc3[c-]c4c(cc3)c3ccccc3n4-c3cc(C(C)(C)C)ccn3)ccc2)c2ccc3c4ccccc4n(C)c3c21.[Pt].[Pt].[Pt]. The number of furan rings is 1. The zero-order valence-corrected chi connectivity index (χ0v) is 89.3. The molecular formula is C124H96N13O4Pt3S-9. The molecule has 0 amide bonds. The average molecular weight is 2450 g/mol. The second-order valence-electron chi connectivity index (χ2n) is 39.8. The molecule has 15 aromatic carbocycles. The Labute approximate surface area is 888 Å². The minimum atomic E-state index is -0.00452. The summed E-state index contributed by atoms with van der Waals surface area (Å²) in [5, 5.41) is 14.1. The van der Waals surface area contributed by atoms with Crippen LogP contribution < -0.4 is 43.6 Å². The van der Waals surface area contributed by atoms with Gasteiger partial charge in [0.25, 0.3) is 0 Å². The van der Waals surface area contributed by atoms with Crippen LogP contribution in [0.25, 0.3) is 147 Å². The first-order valence-corrected chi connectivity index (χ1v) is 48.6. The first-order chi connectivity index (χ1) is 68.9. The third-order valence-corrected chi connectivity index (χ3v) is 28.8. The zero-order chi connectivity index (χ0) is 96.5. The van der Waals surface area contributed by atoms with Crippen molar-refractivity contribution < 1.29 is 81.8 Å². The van der Waals surface area contributed by atoms with Gasteiger partial charge in [0, 0.05) is 205 Å². The van der Waals surface area contributed by atoms with Crippen molar-refractivity contribution >= 4 is 192 Å². The van der Waals surface area contributed by atoms with E-state index in [1.807, 2.05) is 116 Å². The van der Waals surface area contributed by atoms with Crippen LogP contribution in [-0.4, -0.2) is 54.4 Å². The van der Waals surface area contributed by atoms with Crippen molar-refractivity contribution in [1.29, 1.82) is 0 Å². The van der Waals surface area contributed by atoms with Crippen molar-refractivity contribution in [3.05, 3.63) is 401 Å². The molecule has 0 aliphatic carbocycles. The summed E-state index contributed by atoms with van der Waals surface area (Å²) in [6, 6.07) is 128. The van der Waals surface area contributed by atoms with E-state index in [2.05, 4.69) is 418 Å². The molecule has 0 fully saturated rings. The van der Waals surface area contributed by atoms with Gasteiger partial charge >= 0.3 is 0 Å². The molecule has 145 heavy (non-hydrogen) atoms. The van der Waals surface area contributed by atoms with Crippen LogP contribution in [0.1, 0.15) is 79.0 Å². The van der Waals surface area contributed by atoms with Crippen LogP contribution in [0.15, 0.2) is 332 Å². The molecule has 3 aliphatic rings. The monoisotopic (exact) mass is 2450 g/mol. The van der Waals surface area contributed by atoms with E-state index in [-0.39, 0.29) is 79.4 Å². The number of nitrogens with zero attached hydrogens (tertiary/aromatic N) is 13. The fourth-order valence-electron chi connectivity index (χ4n) is 20.6. The van der Waals surface area contributed by atoms with Gasteiger partial charge in [-0.05, 0) is 167 Å². The molecule has 27 rings (SSSR count). The molecule has 0 N–H and O–H groups in total. The summed E-state index contributed by atoms with van der Waals surface area (Å²) in [4.78, 5) is 27.4. The number of hydrogen-bond donors (Lipinski definition) is 0. The Kier molecular flexibility index (Phi) is 24.4. The van der Waals surface area contributed by atoms with Gasteiger partial charge in [0.1, 0.15) is 23.0 Å². The van der Waals surface area contributed by atoms with Gasteiger partial charge in [-0.15, -0.1) is 136 Å². The van der Waals surface area contributed by atoms with E-state index >= 15 is 0 Å². The summed E-state index contributed by atoms with van der Waals surface area (Å²) < 4.78 is 37.2. The molecule has 9 aromatic heterocycles. The number of benzene rings is 15. The van der Waals surface area contributed by atoms with Crippen LogP contribution >= 0.6 is 11.3 Å². The molecule has 21 heteroatoms. The van der Waals surface area contributed by atoms with Crippen molar-refractivity contribution in [2.75, 3.05) is 50.5 Å². The summed E-state index contributed by atoms with van der Waals surface area (Å²) in [5.74, 6) is 6.28. The van der Waals surface area contributed by atoms with Crippen molar-refractivity contribution in [3.63, 3.8) is 0 Å². The number of fused-ring (bicyclic) bond motifs is 24. The molecule has 12 heterocycles. The van der Waals surface area contributed by atoms with Crippen LogP contribution in [-0.2, 0) is 86.5 Å². The maximum absolute atomic E-state index is 6.49. The fourth-order valence-corrected chi connectivity index (χ4v) is 21.9. The second kappa shape index (κ2) is 37.1. The van der Waals surface area contributed by atoms with Crippen molar-refractivity contribution in [1.82, 2.24) is 33.2 Å². The molecular weight excluding hydrogens is 2350 g/mol. The zero-order valence-electron chi connectivity index (χ0n) is 81.7. The van der Waals surface area contributed by atoms with Gasteiger partial charge in [-0.25, -0.2) is 15.0 Å². The molecule has 0 saturated heterocycles. The van der Waals surface area contributed by atoms with E-state index in [4.69, 9.17) is 33.6 Å². The molecule has 0 spiro atoms. The molecule has 3 aliphatic heterocycles. The van der Waals surface area contributed by atoms with Gasteiger partial charge in [0.2, 0.25) is 0 Å². The number of aryl methyl sites for hydroxylation is 1. The smallest absolute Gasteiger partial charge is 0.158 e. The number of pyridine rings is 3. The normalized spacial score (nSPS) is 13.1. The number of anilines is 9. The Morgan fingerprint density at radius 3 is 1.07 bits per heavy atom. The van der Waals surface area contributed by atoms with Crippen molar-refractivity contribution in [3.8, 4) is 52.0 Å². The van der Waals surface area contributed by atoms with Gasteiger partial charge in [-0.2, -0.15) is 56.4 Å². The Morgan fingerprint density at radius 2 is 0.634 bits per heavy atom. The van der Waals surface area contributed by atoms with E-state index in [1.54, 1.807) is 0 Å². The number of para-hydroxylation sites is 5. The molecule has 0 bridgehead atoms. The van der Waals surface area contributed by atoms with Crippen LogP contribution in [0.2, 0.25) is 0 Å². The van der Waals surface area contributed by atoms with Gasteiger partial charge in [-0.3, -0.25) is 0 Å². The molecule has 0 radical (unpaired) electrons. The standard InChI is InChI=1S/C42H34N5O.C41H31N4O2.C41H31N4OS.3Pt/c1-42(2,3)27-21-22-43-39(23-27)47-36-16-9-7-13-31(36)33-18-17-30(25-38(33)47)48-29-12-10-11-28(24-29)46-26-44(4)41-37(46)20-19-34-32-14-6-8-15-35(32)45(5)40(34)41;2*1-41(2,3)26-20-21-42-38(22-26)45-34-14-7-5-12-30(34)31-17-16-29(24-36(31)45)46-28-11-9-10-27(23-28)44-25-43(4)39-35(44)19-18-33-32-13-6-8-15-37(32)47-40(33)39;;;/h6-23,26H,1-5H3;2*5-22,25H,1-4H3;;;/q3*-3;;;. The average Bonchev–Trinajstić information content (AvgIpc) is 1.56. The molecule has 24 aromatic rings.